The number of piperidine rings is 1. The van der Waals surface area contributed by atoms with E-state index >= 15 is 0 Å². The first-order valence-electron chi connectivity index (χ1n) is 9.30. The predicted octanol–water partition coefficient (Wildman–Crippen LogP) is 2.28. The second-order valence-corrected chi connectivity index (χ2v) is 8.73. The maximum absolute atomic E-state index is 2.83. The normalized spacial score (nSPS) is 34.0. The fourth-order valence-electron chi connectivity index (χ4n) is 5.28. The van der Waals surface area contributed by atoms with E-state index < -0.39 is 0 Å². The molecule has 0 aromatic carbocycles. The molecular weight excluding hydrogens is 258 g/mol. The van der Waals surface area contributed by atoms with Crippen molar-refractivity contribution in [1.82, 2.24) is 14.7 Å². The molecule has 4 aliphatic rings. The number of likely N-dealkylation sites (tertiary alicyclic amines) is 3. The van der Waals surface area contributed by atoms with Crippen LogP contribution >= 0.6 is 0 Å². The highest BCUT2D eigenvalue weighted by Crippen LogP contribution is 2.46. The molecule has 0 amide bonds. The highest BCUT2D eigenvalue weighted by molar-refractivity contribution is 5.01. The summed E-state index contributed by atoms with van der Waals surface area (Å²) in [7, 11) is 2.24. The fraction of sp³-hybridized carbons (Fsp3) is 1.00. The third-order valence-electron chi connectivity index (χ3n) is 6.99. The monoisotopic (exact) mass is 291 g/mol. The van der Waals surface area contributed by atoms with Crippen LogP contribution in [0.1, 0.15) is 45.4 Å². The molecule has 3 heteroatoms. The topological polar surface area (TPSA) is 9.72 Å². The summed E-state index contributed by atoms with van der Waals surface area (Å²) < 4.78 is 0. The molecule has 3 nitrogen and oxygen atoms in total. The summed E-state index contributed by atoms with van der Waals surface area (Å²) in [6, 6.07) is 1.78. The Morgan fingerprint density at radius 1 is 0.810 bits per heavy atom. The molecule has 0 radical (unpaired) electrons. The van der Waals surface area contributed by atoms with E-state index in [2.05, 4.69) is 28.7 Å². The lowest BCUT2D eigenvalue weighted by Gasteiger charge is -2.57. The zero-order valence-electron chi connectivity index (χ0n) is 14.1. The van der Waals surface area contributed by atoms with E-state index in [1.807, 2.05) is 0 Å². The van der Waals surface area contributed by atoms with Gasteiger partial charge in [-0.15, -0.1) is 0 Å². The van der Waals surface area contributed by atoms with E-state index in [4.69, 9.17) is 0 Å². The Balaban J connectivity index is 1.21. The average Bonchev–Trinajstić information content (AvgIpc) is 2.43. The maximum atomic E-state index is 2.83. The van der Waals surface area contributed by atoms with Crippen molar-refractivity contribution in [2.75, 3.05) is 46.3 Å². The minimum Gasteiger partial charge on any atom is -0.303 e. The fourth-order valence-corrected chi connectivity index (χ4v) is 5.28. The molecule has 3 saturated heterocycles. The van der Waals surface area contributed by atoms with Crippen molar-refractivity contribution in [2.45, 2.75) is 57.5 Å². The van der Waals surface area contributed by atoms with Crippen LogP contribution in [0.25, 0.3) is 0 Å². The molecule has 120 valence electrons. The Morgan fingerprint density at radius 2 is 1.43 bits per heavy atom. The lowest BCUT2D eigenvalue weighted by atomic mass is 9.65. The van der Waals surface area contributed by atoms with Gasteiger partial charge in [0.2, 0.25) is 0 Å². The van der Waals surface area contributed by atoms with Gasteiger partial charge in [0.25, 0.3) is 0 Å². The van der Waals surface area contributed by atoms with Crippen LogP contribution < -0.4 is 0 Å². The quantitative estimate of drug-likeness (QED) is 0.773. The molecule has 21 heavy (non-hydrogen) atoms. The van der Waals surface area contributed by atoms with Gasteiger partial charge in [0.05, 0.1) is 0 Å². The van der Waals surface area contributed by atoms with E-state index in [-0.39, 0.29) is 0 Å². The van der Waals surface area contributed by atoms with Crippen molar-refractivity contribution in [3.63, 3.8) is 0 Å². The van der Waals surface area contributed by atoms with Gasteiger partial charge in [0, 0.05) is 51.4 Å². The van der Waals surface area contributed by atoms with Crippen molar-refractivity contribution in [2.24, 2.45) is 11.3 Å². The number of hydrogen-bond acceptors (Lipinski definition) is 3. The smallest absolute Gasteiger partial charge is 0.0350 e. The maximum Gasteiger partial charge on any atom is 0.0350 e. The lowest BCUT2D eigenvalue weighted by Crippen LogP contribution is -2.64. The Labute approximate surface area is 130 Å². The van der Waals surface area contributed by atoms with E-state index in [0.29, 0.717) is 0 Å². The highest BCUT2D eigenvalue weighted by atomic mass is 15.3. The number of nitrogens with zero attached hydrogens (tertiary/aromatic N) is 3. The number of rotatable bonds is 2. The summed E-state index contributed by atoms with van der Waals surface area (Å²) in [5, 5.41) is 0. The van der Waals surface area contributed by atoms with Crippen molar-refractivity contribution in [3.8, 4) is 0 Å². The van der Waals surface area contributed by atoms with Gasteiger partial charge in [0.15, 0.2) is 0 Å². The van der Waals surface area contributed by atoms with Crippen LogP contribution in [0.5, 0.6) is 0 Å². The third kappa shape index (κ3) is 2.77. The van der Waals surface area contributed by atoms with E-state index in [1.165, 1.54) is 77.8 Å². The summed E-state index contributed by atoms with van der Waals surface area (Å²) >= 11 is 0. The molecule has 1 saturated carbocycles. The number of hydrogen-bond donors (Lipinski definition) is 0. The molecule has 1 spiro atoms. The average molecular weight is 291 g/mol. The summed E-state index contributed by atoms with van der Waals surface area (Å²) in [6.45, 7) is 10.6. The van der Waals surface area contributed by atoms with Crippen LogP contribution in [0.2, 0.25) is 0 Å². The number of likely N-dealkylation sites (N-methyl/N-ethyl adjacent to an activating group) is 1. The van der Waals surface area contributed by atoms with Crippen LogP contribution in [0.3, 0.4) is 0 Å². The van der Waals surface area contributed by atoms with Crippen LogP contribution in [0.4, 0.5) is 0 Å². The molecule has 0 aromatic rings. The highest BCUT2D eigenvalue weighted by Gasteiger charge is 2.47. The summed E-state index contributed by atoms with van der Waals surface area (Å²) in [4.78, 5) is 8.04. The second-order valence-electron chi connectivity index (χ2n) is 8.73. The first kappa shape index (κ1) is 14.5. The molecule has 4 fully saturated rings. The Hall–Kier alpha value is -0.120. The lowest BCUT2D eigenvalue weighted by molar-refractivity contribution is -0.0801. The molecule has 0 N–H and O–H groups in total. The Bertz CT molecular complexity index is 353. The molecule has 0 aromatic heterocycles. The molecule has 1 aliphatic carbocycles. The van der Waals surface area contributed by atoms with Gasteiger partial charge in [-0.3, -0.25) is 9.80 Å². The first-order chi connectivity index (χ1) is 10.1. The van der Waals surface area contributed by atoms with Crippen molar-refractivity contribution >= 4 is 0 Å². The molecule has 3 heterocycles. The van der Waals surface area contributed by atoms with E-state index in [1.54, 1.807) is 0 Å². The summed E-state index contributed by atoms with van der Waals surface area (Å²) in [5.41, 5.74) is 0.750. The van der Waals surface area contributed by atoms with Gasteiger partial charge in [-0.2, -0.15) is 0 Å². The second kappa shape index (κ2) is 5.50. The molecule has 0 bridgehead atoms. The van der Waals surface area contributed by atoms with Crippen molar-refractivity contribution in [1.29, 1.82) is 0 Å². The van der Waals surface area contributed by atoms with E-state index in [0.717, 1.165) is 23.4 Å². The Kier molecular flexibility index (Phi) is 3.79. The Morgan fingerprint density at radius 3 is 2.00 bits per heavy atom. The van der Waals surface area contributed by atoms with Gasteiger partial charge in [0.1, 0.15) is 0 Å². The SMILES string of the molecule is CC1CCC2(CC1)CN(C1CCN(C3CN(C)C3)CC1)C2. The van der Waals surface area contributed by atoms with Crippen LogP contribution in [0.15, 0.2) is 0 Å². The van der Waals surface area contributed by atoms with Crippen molar-refractivity contribution in [3.05, 3.63) is 0 Å². The predicted molar refractivity (Wildman–Crippen MR) is 87.5 cm³/mol. The zero-order valence-corrected chi connectivity index (χ0v) is 14.1. The van der Waals surface area contributed by atoms with E-state index in [9.17, 15) is 0 Å². The van der Waals surface area contributed by atoms with Gasteiger partial charge < -0.3 is 4.90 Å². The zero-order chi connectivity index (χ0) is 14.4. The summed E-state index contributed by atoms with van der Waals surface area (Å²) in [5.74, 6) is 0.994. The third-order valence-corrected chi connectivity index (χ3v) is 6.99. The molecule has 0 unspecified atom stereocenters. The van der Waals surface area contributed by atoms with Crippen LogP contribution in [-0.4, -0.2) is 73.1 Å². The molecule has 3 aliphatic heterocycles. The molecule has 4 rings (SSSR count). The van der Waals surface area contributed by atoms with Gasteiger partial charge >= 0.3 is 0 Å². The largest absolute Gasteiger partial charge is 0.303 e. The summed E-state index contributed by atoms with van der Waals surface area (Å²) in [6.07, 6.45) is 8.85. The van der Waals surface area contributed by atoms with Crippen LogP contribution in [-0.2, 0) is 0 Å². The van der Waals surface area contributed by atoms with Gasteiger partial charge in [-0.1, -0.05) is 19.8 Å². The van der Waals surface area contributed by atoms with Gasteiger partial charge in [-0.25, -0.2) is 0 Å². The first-order valence-corrected chi connectivity index (χ1v) is 9.30. The minimum atomic E-state index is 0.750. The minimum absolute atomic E-state index is 0.750. The molecule has 0 atom stereocenters. The molecular formula is C18H33N3. The van der Waals surface area contributed by atoms with Gasteiger partial charge in [-0.05, 0) is 44.1 Å². The van der Waals surface area contributed by atoms with Crippen LogP contribution in [0, 0.1) is 11.3 Å². The van der Waals surface area contributed by atoms with Crippen molar-refractivity contribution < 1.29 is 0 Å². The standard InChI is InChI=1S/C18H33N3/c1-15-3-7-18(8-4-15)13-21(14-18)16-5-9-20(10-6-16)17-11-19(2)12-17/h15-17H,3-14H2,1-2H3.